The Labute approximate surface area is 63.6 Å². The molecule has 1 aliphatic heterocycles. The van der Waals surface area contributed by atoms with Crippen molar-refractivity contribution in [3.05, 3.63) is 23.1 Å². The second kappa shape index (κ2) is 3.28. The van der Waals surface area contributed by atoms with Gasteiger partial charge in [-0.2, -0.15) is 0 Å². The minimum atomic E-state index is -1.18. The maximum absolute atomic E-state index is 8.75. The molecule has 0 aromatic heterocycles. The topological polar surface area (TPSA) is 40.5 Å². The van der Waals surface area contributed by atoms with E-state index in [-0.39, 0.29) is 10.7 Å². The van der Waals surface area contributed by atoms with Gasteiger partial charge in [0.1, 0.15) is 11.2 Å². The molecule has 0 spiro atoms. The average Bonchev–Trinajstić information content (AvgIpc) is 1.88. The zero-order valence-electron chi connectivity index (χ0n) is 5.82. The molecule has 2 nitrogen and oxygen atoms in total. The molecule has 54 valence electrons. The van der Waals surface area contributed by atoms with E-state index in [4.69, 9.17) is 10.0 Å². The maximum atomic E-state index is 8.75. The lowest BCUT2D eigenvalue weighted by Crippen LogP contribution is -2.27. The van der Waals surface area contributed by atoms with E-state index < -0.39 is 6.40 Å². The first-order valence-corrected chi connectivity index (χ1v) is 4.62. The van der Waals surface area contributed by atoms with Crippen molar-refractivity contribution in [1.82, 2.24) is 0 Å². The standard InChI is InChI=1S/C6H10BO2S/c1-6-2-4-10(5-3-6)7(8)9/h2-4,8-9H,5H2,1H3/q+1. The van der Waals surface area contributed by atoms with Gasteiger partial charge >= 0.3 is 6.40 Å². The van der Waals surface area contributed by atoms with E-state index in [1.165, 1.54) is 5.57 Å². The summed E-state index contributed by atoms with van der Waals surface area (Å²) in [4.78, 5) is 0. The number of allylic oxidation sites excluding steroid dienone is 2. The molecule has 1 rings (SSSR count). The Balaban J connectivity index is 2.52. The largest absolute Gasteiger partial charge is 0.754 e. The first-order valence-electron chi connectivity index (χ1n) is 3.10. The molecule has 0 bridgehead atoms. The van der Waals surface area contributed by atoms with E-state index in [1.807, 2.05) is 24.5 Å². The third-order valence-electron chi connectivity index (χ3n) is 1.37. The predicted octanol–water partition coefficient (Wildman–Crippen LogP) is 0.0478. The zero-order valence-corrected chi connectivity index (χ0v) is 6.64. The highest BCUT2D eigenvalue weighted by atomic mass is 32.2. The van der Waals surface area contributed by atoms with Crippen molar-refractivity contribution >= 4 is 17.1 Å². The van der Waals surface area contributed by atoms with E-state index in [9.17, 15) is 0 Å². The van der Waals surface area contributed by atoms with Crippen LogP contribution in [0.15, 0.2) is 23.1 Å². The van der Waals surface area contributed by atoms with Crippen molar-refractivity contribution in [1.29, 1.82) is 0 Å². The molecule has 0 saturated heterocycles. The van der Waals surface area contributed by atoms with E-state index in [1.54, 1.807) is 0 Å². The van der Waals surface area contributed by atoms with Crippen LogP contribution in [0, 0.1) is 0 Å². The summed E-state index contributed by atoms with van der Waals surface area (Å²) in [6.45, 7) is 2.00. The second-order valence-corrected chi connectivity index (χ2v) is 4.18. The van der Waals surface area contributed by atoms with Crippen molar-refractivity contribution < 1.29 is 10.0 Å². The first-order chi connectivity index (χ1) is 4.70. The van der Waals surface area contributed by atoms with Gasteiger partial charge in [0.15, 0.2) is 0 Å². The van der Waals surface area contributed by atoms with E-state index in [2.05, 4.69) is 0 Å². The first kappa shape index (κ1) is 7.92. The molecule has 0 aromatic rings. The highest BCUT2D eigenvalue weighted by Gasteiger charge is 2.34. The fourth-order valence-corrected chi connectivity index (χ4v) is 1.97. The molecule has 0 aliphatic carbocycles. The molecule has 2 N–H and O–H groups in total. The SMILES string of the molecule is CC1=CC[S+](B(O)O)C=C1. The van der Waals surface area contributed by atoms with Crippen LogP contribution in [0.1, 0.15) is 6.92 Å². The Hall–Kier alpha value is -0.185. The number of rotatable bonds is 1. The maximum Gasteiger partial charge on any atom is 0.754 e. The molecule has 0 radical (unpaired) electrons. The molecule has 10 heavy (non-hydrogen) atoms. The lowest BCUT2D eigenvalue weighted by molar-refractivity contribution is 0.437. The number of hydrogen-bond acceptors (Lipinski definition) is 2. The molecular weight excluding hydrogens is 147 g/mol. The Kier molecular flexibility index (Phi) is 2.60. The van der Waals surface area contributed by atoms with Crippen LogP contribution in [0.4, 0.5) is 0 Å². The summed E-state index contributed by atoms with van der Waals surface area (Å²) in [6, 6.07) is 0. The molecular formula is C6H10BO2S+. The summed E-state index contributed by atoms with van der Waals surface area (Å²) in [5.41, 5.74) is 1.20. The fraction of sp³-hybridized carbons (Fsp3) is 0.333. The van der Waals surface area contributed by atoms with Crippen molar-refractivity contribution in [2.24, 2.45) is 0 Å². The fourth-order valence-electron chi connectivity index (χ4n) is 0.702. The van der Waals surface area contributed by atoms with Gasteiger partial charge in [0.05, 0.1) is 0 Å². The van der Waals surface area contributed by atoms with Crippen LogP contribution in [-0.4, -0.2) is 22.2 Å². The molecule has 1 unspecified atom stereocenters. The molecule has 4 heteroatoms. The van der Waals surface area contributed by atoms with Crippen LogP contribution >= 0.6 is 0 Å². The molecule has 0 aromatic carbocycles. The van der Waals surface area contributed by atoms with E-state index in [0.29, 0.717) is 0 Å². The van der Waals surface area contributed by atoms with Crippen LogP contribution in [-0.2, 0) is 10.7 Å². The molecule has 0 saturated carbocycles. The Morgan fingerprint density at radius 1 is 1.60 bits per heavy atom. The lowest BCUT2D eigenvalue weighted by atomic mass is 10.3. The lowest BCUT2D eigenvalue weighted by Gasteiger charge is -2.03. The van der Waals surface area contributed by atoms with Crippen molar-refractivity contribution in [3.63, 3.8) is 0 Å². The molecule has 1 heterocycles. The van der Waals surface area contributed by atoms with Gasteiger partial charge in [0.2, 0.25) is 0 Å². The Morgan fingerprint density at radius 2 is 2.30 bits per heavy atom. The highest BCUT2D eigenvalue weighted by Crippen LogP contribution is 2.11. The monoisotopic (exact) mass is 157 g/mol. The van der Waals surface area contributed by atoms with Crippen LogP contribution in [0.3, 0.4) is 0 Å². The Morgan fingerprint density at radius 3 is 2.70 bits per heavy atom. The Bertz CT molecular complexity index is 177. The summed E-state index contributed by atoms with van der Waals surface area (Å²) < 4.78 is 0. The summed E-state index contributed by atoms with van der Waals surface area (Å²) >= 11 is 0. The van der Waals surface area contributed by atoms with Crippen molar-refractivity contribution in [2.45, 2.75) is 6.92 Å². The second-order valence-electron chi connectivity index (χ2n) is 2.21. The predicted molar refractivity (Wildman–Crippen MR) is 45.3 cm³/mol. The third kappa shape index (κ3) is 1.90. The summed E-state index contributed by atoms with van der Waals surface area (Å²) in [5.74, 6) is 0.764. The normalized spacial score (nSPS) is 24.3. The van der Waals surface area contributed by atoms with Crippen LogP contribution in [0.2, 0.25) is 0 Å². The average molecular weight is 157 g/mol. The molecule has 1 aliphatic rings. The van der Waals surface area contributed by atoms with Gasteiger partial charge < -0.3 is 10.0 Å². The highest BCUT2D eigenvalue weighted by molar-refractivity contribution is 8.23. The summed E-state index contributed by atoms with van der Waals surface area (Å²) in [7, 11) is -0.363. The van der Waals surface area contributed by atoms with Crippen molar-refractivity contribution in [3.8, 4) is 0 Å². The summed E-state index contributed by atoms with van der Waals surface area (Å²) in [5, 5.41) is 19.4. The molecule has 0 fully saturated rings. The number of hydrogen-bond donors (Lipinski definition) is 2. The van der Waals surface area contributed by atoms with Crippen LogP contribution in [0.25, 0.3) is 0 Å². The van der Waals surface area contributed by atoms with Gasteiger partial charge in [0.25, 0.3) is 0 Å². The summed E-state index contributed by atoms with van der Waals surface area (Å²) in [6.07, 6.45) is 2.76. The molecule has 0 amide bonds. The van der Waals surface area contributed by atoms with E-state index >= 15 is 0 Å². The van der Waals surface area contributed by atoms with Gasteiger partial charge in [-0.15, -0.1) is 0 Å². The van der Waals surface area contributed by atoms with Gasteiger partial charge in [0, 0.05) is 10.7 Å². The minimum absolute atomic E-state index is 0.363. The van der Waals surface area contributed by atoms with Gasteiger partial charge in [-0.1, -0.05) is 0 Å². The van der Waals surface area contributed by atoms with E-state index in [0.717, 1.165) is 5.75 Å². The molecule has 1 atom stereocenters. The third-order valence-corrected chi connectivity index (χ3v) is 2.95. The van der Waals surface area contributed by atoms with Crippen LogP contribution < -0.4 is 0 Å². The minimum Gasteiger partial charge on any atom is -0.378 e. The van der Waals surface area contributed by atoms with Gasteiger partial charge in [-0.3, -0.25) is 0 Å². The smallest absolute Gasteiger partial charge is 0.378 e. The zero-order chi connectivity index (χ0) is 7.56. The quantitative estimate of drug-likeness (QED) is 0.417. The van der Waals surface area contributed by atoms with Gasteiger partial charge in [-0.05, 0) is 24.6 Å². The van der Waals surface area contributed by atoms with Crippen molar-refractivity contribution in [2.75, 3.05) is 5.75 Å². The van der Waals surface area contributed by atoms with Gasteiger partial charge in [-0.25, -0.2) is 0 Å². The van der Waals surface area contributed by atoms with Crippen LogP contribution in [0.5, 0.6) is 0 Å².